The minimum atomic E-state index is 0. The Bertz CT molecular complexity index is 617. The average molecular weight is 368 g/mol. The molecule has 2 rings (SSSR count). The van der Waals surface area contributed by atoms with Crippen molar-refractivity contribution >= 4 is 12.4 Å². The van der Waals surface area contributed by atoms with Gasteiger partial charge in [0, 0.05) is 37.7 Å². The van der Waals surface area contributed by atoms with E-state index in [-0.39, 0.29) is 17.1 Å². The van der Waals surface area contributed by atoms with Crippen molar-refractivity contribution in [1.82, 2.24) is 5.32 Å². The molecule has 0 aliphatic carbocycles. The van der Waals surface area contributed by atoms with Gasteiger partial charge in [-0.15, -0.1) is 0 Å². The third-order valence-corrected chi connectivity index (χ3v) is 3.22. The van der Waals surface area contributed by atoms with Crippen molar-refractivity contribution in [3.8, 4) is 11.5 Å². The maximum Gasteiger partial charge on any atom is 3.00 e. The Morgan fingerprint density at radius 2 is 1.17 bits per heavy atom. The van der Waals surface area contributed by atoms with Crippen molar-refractivity contribution in [2.45, 2.75) is 0 Å². The molecule has 0 radical (unpaired) electrons. The molecule has 0 heterocycles. The van der Waals surface area contributed by atoms with Gasteiger partial charge in [-0.1, -0.05) is 24.3 Å². The summed E-state index contributed by atoms with van der Waals surface area (Å²) in [7, 11) is 0. The van der Waals surface area contributed by atoms with E-state index in [4.69, 9.17) is 10.2 Å². The summed E-state index contributed by atoms with van der Waals surface area (Å²) in [6, 6.07) is 14.8. The molecule has 0 spiro atoms. The second-order valence-corrected chi connectivity index (χ2v) is 5.00. The van der Waals surface area contributed by atoms with Crippen LogP contribution in [0.2, 0.25) is 0 Å². The first kappa shape index (κ1) is 19.9. The number of rotatable bonds is 8. The second-order valence-electron chi connectivity index (χ2n) is 5.00. The molecule has 0 bridgehead atoms. The van der Waals surface area contributed by atoms with Crippen LogP contribution in [-0.4, -0.2) is 48.8 Å². The van der Waals surface area contributed by atoms with Gasteiger partial charge < -0.3 is 15.5 Å². The molecule has 2 aromatic carbocycles. The van der Waals surface area contributed by atoms with Crippen LogP contribution >= 0.6 is 0 Å². The number of para-hydroxylation sites is 2. The number of benzene rings is 2. The van der Waals surface area contributed by atoms with E-state index in [2.05, 4.69) is 15.3 Å². The average Bonchev–Trinajstić information content (AvgIpc) is 2.56. The Morgan fingerprint density at radius 3 is 1.58 bits per heavy atom. The van der Waals surface area contributed by atoms with Crippen LogP contribution in [-0.2, 0) is 17.1 Å². The Kier molecular flexibility index (Phi) is 9.46. The number of hydrogen-bond donors (Lipinski definition) is 1. The fourth-order valence-corrected chi connectivity index (χ4v) is 1.96. The molecule has 0 fully saturated rings. The van der Waals surface area contributed by atoms with Crippen molar-refractivity contribution in [2.24, 2.45) is 9.98 Å². The standard InChI is InChI=1S/C18H21N3O2.Mn/c22-17-7-3-1-5-15(17)13-20-11-9-19-10-12-21-14-16-6-2-4-8-18(16)23;/h1-8,13-14,19,22-23H,9-12H2;/q;+3/p+2. The fraction of sp³-hybridized carbons (Fsp3) is 0.222. The summed E-state index contributed by atoms with van der Waals surface area (Å²) in [5.74, 6) is 0.987. The molecular formula is C18H23MnN3O2+5. The summed E-state index contributed by atoms with van der Waals surface area (Å²) in [4.78, 5) is 8.62. The maximum absolute atomic E-state index is 7.71. The molecular weight excluding hydrogens is 345 g/mol. The number of hydrogen-bond acceptors (Lipinski definition) is 3. The van der Waals surface area contributed by atoms with Crippen molar-refractivity contribution in [3.63, 3.8) is 0 Å². The van der Waals surface area contributed by atoms with Crippen LogP contribution in [0.3, 0.4) is 0 Å². The number of aliphatic imine (C=N–C) groups is 2. The smallest absolute Gasteiger partial charge is 0.593 e. The van der Waals surface area contributed by atoms with Crippen LogP contribution in [0.5, 0.6) is 11.5 Å². The Morgan fingerprint density at radius 1 is 0.750 bits per heavy atom. The Hall–Kier alpha value is -2.14. The van der Waals surface area contributed by atoms with Gasteiger partial charge >= 0.3 is 17.1 Å². The minimum absolute atomic E-state index is 0. The van der Waals surface area contributed by atoms with Crippen molar-refractivity contribution < 1.29 is 27.3 Å². The zero-order valence-electron chi connectivity index (χ0n) is 13.4. The first-order chi connectivity index (χ1) is 11.3. The molecule has 2 aromatic rings. The molecule has 0 aliphatic heterocycles. The summed E-state index contributed by atoms with van der Waals surface area (Å²) in [6.07, 6.45) is 3.49. The third-order valence-electron chi connectivity index (χ3n) is 3.22. The van der Waals surface area contributed by atoms with Crippen LogP contribution in [0, 0.1) is 0 Å². The van der Waals surface area contributed by atoms with E-state index in [1.165, 1.54) is 0 Å². The van der Waals surface area contributed by atoms with Crippen LogP contribution in [0.25, 0.3) is 0 Å². The van der Waals surface area contributed by atoms with Crippen LogP contribution in [0.4, 0.5) is 0 Å². The summed E-state index contributed by atoms with van der Waals surface area (Å²) >= 11 is 0. The SMILES string of the molecule is [Mn+3].[OH2+]c1ccccc1C=NCCNCCN=Cc1ccccc1[OH2+]. The van der Waals surface area contributed by atoms with E-state index >= 15 is 0 Å². The molecule has 6 heteroatoms. The molecule has 0 unspecified atom stereocenters. The molecule has 0 aliphatic rings. The Labute approximate surface area is 152 Å². The van der Waals surface area contributed by atoms with Crippen molar-refractivity contribution in [1.29, 1.82) is 0 Å². The van der Waals surface area contributed by atoms with Crippen LogP contribution in [0.1, 0.15) is 11.1 Å². The second kappa shape index (κ2) is 11.4. The van der Waals surface area contributed by atoms with Gasteiger partial charge in [0.1, 0.15) is 0 Å². The van der Waals surface area contributed by atoms with Gasteiger partial charge in [0.15, 0.2) is 0 Å². The largest absolute Gasteiger partial charge is 3.00 e. The van der Waals surface area contributed by atoms with Gasteiger partial charge in [-0.25, -0.2) is 0 Å². The van der Waals surface area contributed by atoms with E-state index in [9.17, 15) is 0 Å². The van der Waals surface area contributed by atoms with Crippen LogP contribution < -0.4 is 5.32 Å². The molecule has 0 amide bonds. The topological polar surface area (TPSA) is 82.5 Å². The van der Waals surface area contributed by atoms with Gasteiger partial charge in [-0.05, 0) is 12.1 Å². The monoisotopic (exact) mass is 368 g/mol. The van der Waals surface area contributed by atoms with Gasteiger partial charge in [0.25, 0.3) is 11.5 Å². The molecule has 0 atom stereocenters. The summed E-state index contributed by atoms with van der Waals surface area (Å²) in [5, 5.41) is 18.7. The number of nitrogens with zero attached hydrogens (tertiary/aromatic N) is 2. The van der Waals surface area contributed by atoms with E-state index in [0.29, 0.717) is 24.6 Å². The van der Waals surface area contributed by atoms with Gasteiger partial charge in [-0.3, -0.25) is 9.98 Å². The fourth-order valence-electron chi connectivity index (χ4n) is 1.96. The minimum Gasteiger partial charge on any atom is -0.593 e. The van der Waals surface area contributed by atoms with Crippen LogP contribution in [0.15, 0.2) is 58.5 Å². The van der Waals surface area contributed by atoms with E-state index in [1.807, 2.05) is 36.4 Å². The Balaban J connectivity index is 0.00000288. The zero-order valence-corrected chi connectivity index (χ0v) is 14.6. The summed E-state index contributed by atoms with van der Waals surface area (Å²) in [5.41, 5.74) is 1.68. The maximum atomic E-state index is 7.71. The molecule has 0 aromatic heterocycles. The normalized spacial score (nSPS) is 11.0. The van der Waals surface area contributed by atoms with E-state index < -0.39 is 0 Å². The zero-order chi connectivity index (χ0) is 16.3. The summed E-state index contributed by atoms with van der Waals surface area (Å²) in [6.45, 7) is 2.91. The third kappa shape index (κ3) is 6.96. The predicted molar refractivity (Wildman–Crippen MR) is 96.8 cm³/mol. The van der Waals surface area contributed by atoms with Crippen molar-refractivity contribution in [3.05, 3.63) is 59.7 Å². The first-order valence-corrected chi connectivity index (χ1v) is 7.59. The molecule has 24 heavy (non-hydrogen) atoms. The predicted octanol–water partition coefficient (Wildman–Crippen LogP) is 1.69. The van der Waals surface area contributed by atoms with E-state index in [1.54, 1.807) is 24.6 Å². The first-order valence-electron chi connectivity index (χ1n) is 7.59. The molecule has 0 saturated heterocycles. The summed E-state index contributed by atoms with van der Waals surface area (Å²) < 4.78 is 0. The molecule has 124 valence electrons. The quantitative estimate of drug-likeness (QED) is 0.327. The molecule has 0 saturated carbocycles. The van der Waals surface area contributed by atoms with Crippen molar-refractivity contribution in [2.75, 3.05) is 26.2 Å². The van der Waals surface area contributed by atoms with Gasteiger partial charge in [-0.2, -0.15) is 0 Å². The molecule has 5 N–H and O–H groups in total. The van der Waals surface area contributed by atoms with Gasteiger partial charge in [0.2, 0.25) is 0 Å². The van der Waals surface area contributed by atoms with E-state index in [0.717, 1.165) is 24.2 Å². The molecule has 5 nitrogen and oxygen atoms in total. The van der Waals surface area contributed by atoms with Gasteiger partial charge in [0.05, 0.1) is 24.2 Å². The number of nitrogens with one attached hydrogen (secondary N) is 1.